The van der Waals surface area contributed by atoms with Crippen molar-refractivity contribution >= 4 is 17.0 Å². The van der Waals surface area contributed by atoms with E-state index in [0.717, 1.165) is 49.4 Å². The lowest BCUT2D eigenvalue weighted by Gasteiger charge is -2.34. The number of nitrogens with two attached hydrogens (primary N) is 1. The normalized spacial score (nSPS) is 18.3. The van der Waals surface area contributed by atoms with Crippen LogP contribution in [0.1, 0.15) is 19.8 Å². The first-order valence-corrected chi connectivity index (χ1v) is 6.99. The number of nitrogens with zero attached hydrogens (tertiary/aromatic N) is 2. The number of nitrogen functional groups attached to an aromatic ring is 1. The first kappa shape index (κ1) is 13.2. The molecule has 0 saturated carbocycles. The average Bonchev–Trinajstić information content (AvgIpc) is 2.74. The van der Waals surface area contributed by atoms with E-state index in [-0.39, 0.29) is 5.41 Å². The fourth-order valence-corrected chi connectivity index (χ4v) is 2.83. The minimum absolute atomic E-state index is 0.222. The number of hydrogen-bond acceptors (Lipinski definition) is 4. The molecule has 1 aromatic heterocycles. The van der Waals surface area contributed by atoms with Crippen LogP contribution in [0.4, 0.5) is 5.95 Å². The highest BCUT2D eigenvalue weighted by atomic mass is 16.5. The fourth-order valence-electron chi connectivity index (χ4n) is 2.83. The summed E-state index contributed by atoms with van der Waals surface area (Å²) in [5, 5.41) is 0. The summed E-state index contributed by atoms with van der Waals surface area (Å²) in [6, 6.07) is 5.90. The summed E-state index contributed by atoms with van der Waals surface area (Å²) in [7, 11) is 1.66. The van der Waals surface area contributed by atoms with Crippen molar-refractivity contribution in [3.8, 4) is 5.75 Å². The fraction of sp³-hybridized carbons (Fsp3) is 0.533. The van der Waals surface area contributed by atoms with Gasteiger partial charge in [0.2, 0.25) is 5.95 Å². The van der Waals surface area contributed by atoms with E-state index >= 15 is 0 Å². The molecule has 1 aromatic carbocycles. The summed E-state index contributed by atoms with van der Waals surface area (Å²) in [6.45, 7) is 4.84. The van der Waals surface area contributed by atoms with Gasteiger partial charge in [-0.1, -0.05) is 6.92 Å². The molecule has 0 radical (unpaired) electrons. The van der Waals surface area contributed by atoms with Gasteiger partial charge in [-0.15, -0.1) is 0 Å². The lowest BCUT2D eigenvalue weighted by Crippen LogP contribution is -2.31. The number of ether oxygens (including phenoxy) is 2. The molecule has 0 unspecified atom stereocenters. The monoisotopic (exact) mass is 275 g/mol. The van der Waals surface area contributed by atoms with Crippen molar-refractivity contribution in [3.05, 3.63) is 18.2 Å². The van der Waals surface area contributed by atoms with Gasteiger partial charge in [0.25, 0.3) is 0 Å². The first-order chi connectivity index (χ1) is 9.61. The van der Waals surface area contributed by atoms with E-state index in [4.69, 9.17) is 15.2 Å². The van der Waals surface area contributed by atoms with Crippen molar-refractivity contribution in [3.63, 3.8) is 0 Å². The summed E-state index contributed by atoms with van der Waals surface area (Å²) >= 11 is 0. The molecule has 0 amide bonds. The van der Waals surface area contributed by atoms with Crippen molar-refractivity contribution in [2.45, 2.75) is 26.3 Å². The van der Waals surface area contributed by atoms with Gasteiger partial charge in [0, 0.05) is 25.8 Å². The molecule has 20 heavy (non-hydrogen) atoms. The molecule has 2 aromatic rings. The molecule has 1 fully saturated rings. The molecule has 0 aliphatic carbocycles. The van der Waals surface area contributed by atoms with Gasteiger partial charge in [0.1, 0.15) is 5.75 Å². The predicted octanol–water partition coefficient (Wildman–Crippen LogP) is 2.44. The highest BCUT2D eigenvalue weighted by Crippen LogP contribution is 2.34. The molecule has 108 valence electrons. The van der Waals surface area contributed by atoms with Crippen LogP contribution in [0.25, 0.3) is 11.0 Å². The summed E-state index contributed by atoms with van der Waals surface area (Å²) in [6.07, 6.45) is 2.12. The Morgan fingerprint density at radius 1 is 1.40 bits per heavy atom. The second kappa shape index (κ2) is 4.98. The largest absolute Gasteiger partial charge is 0.497 e. The molecule has 0 bridgehead atoms. The minimum atomic E-state index is 0.222. The third kappa shape index (κ3) is 2.33. The minimum Gasteiger partial charge on any atom is -0.497 e. The second-order valence-corrected chi connectivity index (χ2v) is 5.83. The van der Waals surface area contributed by atoms with E-state index in [2.05, 4.69) is 16.5 Å². The number of fused-ring (bicyclic) bond motifs is 1. The molecule has 5 heteroatoms. The molecular formula is C15H21N3O2. The van der Waals surface area contributed by atoms with E-state index in [1.165, 1.54) is 0 Å². The van der Waals surface area contributed by atoms with Crippen molar-refractivity contribution in [2.75, 3.05) is 26.1 Å². The molecule has 0 atom stereocenters. The number of aromatic nitrogens is 2. The SMILES string of the molecule is COc1ccc2c(c1)nc(N)n2CC1(C)CCOCC1. The van der Waals surface area contributed by atoms with Crippen molar-refractivity contribution in [1.82, 2.24) is 9.55 Å². The third-order valence-electron chi connectivity index (χ3n) is 4.22. The standard InChI is InChI=1S/C15H21N3O2/c1-15(5-7-20-8-6-15)10-18-13-4-3-11(19-2)9-12(13)17-14(18)16/h3-4,9H,5-8,10H2,1-2H3,(H2,16,17). The third-order valence-corrected chi connectivity index (χ3v) is 4.22. The maximum absolute atomic E-state index is 6.10. The van der Waals surface area contributed by atoms with Crippen LogP contribution in [-0.4, -0.2) is 29.9 Å². The quantitative estimate of drug-likeness (QED) is 0.934. The van der Waals surface area contributed by atoms with Gasteiger partial charge in [-0.05, 0) is 30.4 Å². The number of benzene rings is 1. The molecule has 5 nitrogen and oxygen atoms in total. The summed E-state index contributed by atoms with van der Waals surface area (Å²) in [4.78, 5) is 4.45. The molecule has 2 N–H and O–H groups in total. The van der Waals surface area contributed by atoms with Crippen LogP contribution in [0.3, 0.4) is 0 Å². The maximum atomic E-state index is 6.10. The predicted molar refractivity (Wildman–Crippen MR) is 78.9 cm³/mol. The smallest absolute Gasteiger partial charge is 0.201 e. The van der Waals surface area contributed by atoms with Crippen LogP contribution in [0.5, 0.6) is 5.75 Å². The van der Waals surface area contributed by atoms with Gasteiger partial charge in [0.05, 0.1) is 18.1 Å². The number of methoxy groups -OCH3 is 1. The summed E-state index contributed by atoms with van der Waals surface area (Å²) < 4.78 is 12.8. The Labute approximate surface area is 118 Å². The molecule has 3 rings (SSSR count). The zero-order valence-electron chi connectivity index (χ0n) is 12.1. The molecule has 1 aliphatic heterocycles. The lowest BCUT2D eigenvalue weighted by molar-refractivity contribution is 0.0163. The molecule has 1 saturated heterocycles. The van der Waals surface area contributed by atoms with Crippen LogP contribution in [-0.2, 0) is 11.3 Å². The van der Waals surface area contributed by atoms with E-state index in [0.29, 0.717) is 5.95 Å². The highest BCUT2D eigenvalue weighted by Gasteiger charge is 2.29. The first-order valence-electron chi connectivity index (χ1n) is 6.99. The van der Waals surface area contributed by atoms with Gasteiger partial charge < -0.3 is 19.8 Å². The Bertz CT molecular complexity index is 615. The van der Waals surface area contributed by atoms with Gasteiger partial charge in [-0.3, -0.25) is 0 Å². The van der Waals surface area contributed by atoms with Crippen LogP contribution in [0, 0.1) is 5.41 Å². The van der Waals surface area contributed by atoms with Gasteiger partial charge >= 0.3 is 0 Å². The number of rotatable bonds is 3. The zero-order chi connectivity index (χ0) is 14.2. The Morgan fingerprint density at radius 3 is 2.85 bits per heavy atom. The summed E-state index contributed by atoms with van der Waals surface area (Å²) in [5.74, 6) is 1.38. The van der Waals surface area contributed by atoms with E-state index in [9.17, 15) is 0 Å². The second-order valence-electron chi connectivity index (χ2n) is 5.83. The van der Waals surface area contributed by atoms with Crippen LogP contribution in [0.2, 0.25) is 0 Å². The van der Waals surface area contributed by atoms with E-state index in [1.54, 1.807) is 7.11 Å². The van der Waals surface area contributed by atoms with E-state index in [1.807, 2.05) is 18.2 Å². The van der Waals surface area contributed by atoms with Crippen molar-refractivity contribution < 1.29 is 9.47 Å². The maximum Gasteiger partial charge on any atom is 0.201 e. The number of imidazole rings is 1. The molecular weight excluding hydrogens is 254 g/mol. The summed E-state index contributed by atoms with van der Waals surface area (Å²) in [5.41, 5.74) is 8.28. The zero-order valence-corrected chi connectivity index (χ0v) is 12.1. The number of anilines is 1. The Kier molecular flexibility index (Phi) is 3.30. The number of hydrogen-bond donors (Lipinski definition) is 1. The Morgan fingerprint density at radius 2 is 2.15 bits per heavy atom. The van der Waals surface area contributed by atoms with Crippen molar-refractivity contribution in [2.24, 2.45) is 5.41 Å². The van der Waals surface area contributed by atoms with Gasteiger partial charge in [0.15, 0.2) is 0 Å². The van der Waals surface area contributed by atoms with Gasteiger partial charge in [-0.25, -0.2) is 4.98 Å². The van der Waals surface area contributed by atoms with Crippen molar-refractivity contribution in [1.29, 1.82) is 0 Å². The molecule has 1 aliphatic rings. The molecule has 2 heterocycles. The highest BCUT2D eigenvalue weighted by molar-refractivity contribution is 5.79. The topological polar surface area (TPSA) is 62.3 Å². The molecule has 0 spiro atoms. The van der Waals surface area contributed by atoms with Gasteiger partial charge in [-0.2, -0.15) is 0 Å². The lowest BCUT2D eigenvalue weighted by atomic mass is 9.82. The average molecular weight is 275 g/mol. The van der Waals surface area contributed by atoms with E-state index < -0.39 is 0 Å². The van der Waals surface area contributed by atoms with Crippen LogP contribution >= 0.6 is 0 Å². The van der Waals surface area contributed by atoms with Crippen LogP contribution < -0.4 is 10.5 Å². The Hall–Kier alpha value is -1.75. The Balaban J connectivity index is 1.96. The van der Waals surface area contributed by atoms with Crippen LogP contribution in [0.15, 0.2) is 18.2 Å².